The van der Waals surface area contributed by atoms with Gasteiger partial charge in [0.25, 0.3) is 0 Å². The van der Waals surface area contributed by atoms with Gasteiger partial charge < -0.3 is 14.2 Å². The van der Waals surface area contributed by atoms with E-state index in [1.54, 1.807) is 6.92 Å². The van der Waals surface area contributed by atoms with Gasteiger partial charge >= 0.3 is 6.16 Å². The summed E-state index contributed by atoms with van der Waals surface area (Å²) in [6.45, 7) is 4.82. The maximum Gasteiger partial charge on any atom is 0.508 e. The van der Waals surface area contributed by atoms with Gasteiger partial charge in [0, 0.05) is 0 Å². The highest BCUT2D eigenvalue weighted by Crippen LogP contribution is 2.21. The fourth-order valence-electron chi connectivity index (χ4n) is 0.797. The van der Waals surface area contributed by atoms with Crippen LogP contribution in [0.25, 0.3) is 0 Å². The summed E-state index contributed by atoms with van der Waals surface area (Å²) in [4.78, 5) is 10.8. The van der Waals surface area contributed by atoms with Crippen LogP contribution in [0.5, 0.6) is 0 Å². The van der Waals surface area contributed by atoms with E-state index in [9.17, 15) is 4.79 Å². The molecule has 1 fully saturated rings. The molecule has 4 heteroatoms. The quantitative estimate of drug-likeness (QED) is 0.564. The van der Waals surface area contributed by atoms with Crippen molar-refractivity contribution in [1.82, 2.24) is 0 Å². The first-order valence-corrected chi connectivity index (χ1v) is 3.60. The highest BCUT2D eigenvalue weighted by Gasteiger charge is 2.37. The standard InChI is InChI=1S/C7H12O4/c1-3-10-6(8)11-7(2)4-9-5-7/h3-5H2,1-2H3. The molecule has 0 bridgehead atoms. The third-order valence-corrected chi connectivity index (χ3v) is 1.41. The molecule has 1 aliphatic rings. The van der Waals surface area contributed by atoms with Crippen LogP contribution in [0.1, 0.15) is 13.8 Å². The van der Waals surface area contributed by atoms with Crippen LogP contribution in [0.15, 0.2) is 0 Å². The summed E-state index contributed by atoms with van der Waals surface area (Å²) in [6, 6.07) is 0. The molecule has 1 rings (SSSR count). The zero-order chi connectivity index (χ0) is 8.32. The second kappa shape index (κ2) is 3.09. The van der Waals surface area contributed by atoms with Crippen molar-refractivity contribution in [3.05, 3.63) is 0 Å². The van der Waals surface area contributed by atoms with Gasteiger partial charge in [-0.15, -0.1) is 0 Å². The van der Waals surface area contributed by atoms with E-state index in [1.165, 1.54) is 0 Å². The van der Waals surface area contributed by atoms with Gasteiger partial charge in [0.05, 0.1) is 19.8 Å². The lowest BCUT2D eigenvalue weighted by atomic mass is 10.1. The third-order valence-electron chi connectivity index (χ3n) is 1.41. The Morgan fingerprint density at radius 1 is 1.64 bits per heavy atom. The molecule has 1 aliphatic heterocycles. The molecular weight excluding hydrogens is 148 g/mol. The van der Waals surface area contributed by atoms with Crippen LogP contribution >= 0.6 is 0 Å². The van der Waals surface area contributed by atoms with Crippen LogP contribution < -0.4 is 0 Å². The average molecular weight is 160 g/mol. The Morgan fingerprint density at radius 3 is 2.64 bits per heavy atom. The minimum Gasteiger partial charge on any atom is -0.435 e. The van der Waals surface area contributed by atoms with Crippen LogP contribution in [0.3, 0.4) is 0 Å². The predicted octanol–water partition coefficient (Wildman–Crippen LogP) is 0.948. The number of carbonyl (C=O) groups excluding carboxylic acids is 1. The van der Waals surface area contributed by atoms with Gasteiger partial charge in [0.2, 0.25) is 0 Å². The van der Waals surface area contributed by atoms with E-state index in [4.69, 9.17) is 9.47 Å². The monoisotopic (exact) mass is 160 g/mol. The molecule has 0 aromatic heterocycles. The molecule has 64 valence electrons. The topological polar surface area (TPSA) is 44.8 Å². The fraction of sp³-hybridized carbons (Fsp3) is 0.857. The first-order valence-electron chi connectivity index (χ1n) is 3.60. The van der Waals surface area contributed by atoms with E-state index in [2.05, 4.69) is 4.74 Å². The molecule has 11 heavy (non-hydrogen) atoms. The van der Waals surface area contributed by atoms with Crippen LogP contribution in [0.4, 0.5) is 4.79 Å². The van der Waals surface area contributed by atoms with Crippen molar-refractivity contribution in [2.45, 2.75) is 19.4 Å². The van der Waals surface area contributed by atoms with E-state index in [0.717, 1.165) is 0 Å². The Hall–Kier alpha value is -0.770. The van der Waals surface area contributed by atoms with Gasteiger partial charge in [-0.2, -0.15) is 0 Å². The smallest absolute Gasteiger partial charge is 0.435 e. The molecule has 0 aromatic carbocycles. The van der Waals surface area contributed by atoms with Gasteiger partial charge in [-0.25, -0.2) is 4.79 Å². The van der Waals surface area contributed by atoms with Crippen molar-refractivity contribution in [1.29, 1.82) is 0 Å². The molecule has 0 unspecified atom stereocenters. The van der Waals surface area contributed by atoms with E-state index in [-0.39, 0.29) is 0 Å². The molecule has 1 heterocycles. The number of carbonyl (C=O) groups is 1. The second-order valence-electron chi connectivity index (χ2n) is 2.73. The lowest BCUT2D eigenvalue weighted by molar-refractivity contribution is -0.178. The molecule has 0 aromatic rings. The summed E-state index contributed by atoms with van der Waals surface area (Å²) < 4.78 is 14.4. The molecule has 0 saturated carbocycles. The third kappa shape index (κ3) is 2.08. The van der Waals surface area contributed by atoms with Crippen LogP contribution in [-0.2, 0) is 14.2 Å². The zero-order valence-corrected chi connectivity index (χ0v) is 6.75. The van der Waals surface area contributed by atoms with Crippen molar-refractivity contribution < 1.29 is 19.0 Å². The first kappa shape index (κ1) is 8.33. The van der Waals surface area contributed by atoms with Crippen LogP contribution in [-0.4, -0.2) is 31.6 Å². The maximum absolute atomic E-state index is 10.8. The number of hydrogen-bond acceptors (Lipinski definition) is 4. The Bertz CT molecular complexity index is 151. The number of rotatable bonds is 2. The zero-order valence-electron chi connectivity index (χ0n) is 6.75. The SMILES string of the molecule is CCOC(=O)OC1(C)COC1. The van der Waals surface area contributed by atoms with Gasteiger partial charge in [0.1, 0.15) is 0 Å². The van der Waals surface area contributed by atoms with Gasteiger partial charge in [0.15, 0.2) is 5.60 Å². The van der Waals surface area contributed by atoms with Crippen LogP contribution in [0, 0.1) is 0 Å². The maximum atomic E-state index is 10.8. The van der Waals surface area contributed by atoms with Crippen molar-refractivity contribution >= 4 is 6.16 Å². The normalized spacial score (nSPS) is 20.2. The summed E-state index contributed by atoms with van der Waals surface area (Å²) in [5.74, 6) is 0. The Labute approximate surface area is 65.4 Å². The van der Waals surface area contributed by atoms with Gasteiger partial charge in [-0.1, -0.05) is 0 Å². The van der Waals surface area contributed by atoms with E-state index in [1.807, 2.05) is 6.92 Å². The summed E-state index contributed by atoms with van der Waals surface area (Å²) >= 11 is 0. The minimum atomic E-state index is -0.613. The lowest BCUT2D eigenvalue weighted by Crippen LogP contribution is -2.50. The van der Waals surface area contributed by atoms with Crippen molar-refractivity contribution in [3.8, 4) is 0 Å². The van der Waals surface area contributed by atoms with E-state index < -0.39 is 11.8 Å². The average Bonchev–Trinajstić information content (AvgIpc) is 1.85. The molecule has 0 atom stereocenters. The van der Waals surface area contributed by atoms with E-state index >= 15 is 0 Å². The molecule has 0 N–H and O–H groups in total. The summed E-state index contributed by atoms with van der Waals surface area (Å²) in [5.41, 5.74) is -0.452. The minimum absolute atomic E-state index is 0.343. The second-order valence-corrected chi connectivity index (χ2v) is 2.73. The molecule has 4 nitrogen and oxygen atoms in total. The largest absolute Gasteiger partial charge is 0.508 e. The number of ether oxygens (including phenoxy) is 3. The first-order chi connectivity index (χ1) is 5.16. The molecule has 0 amide bonds. The van der Waals surface area contributed by atoms with Gasteiger partial charge in [-0.3, -0.25) is 0 Å². The molecule has 1 saturated heterocycles. The summed E-state index contributed by atoms with van der Waals surface area (Å²) in [6.07, 6.45) is -0.613. The fourth-order valence-corrected chi connectivity index (χ4v) is 0.797. The van der Waals surface area contributed by atoms with Crippen molar-refractivity contribution in [3.63, 3.8) is 0 Å². The lowest BCUT2D eigenvalue weighted by Gasteiger charge is -2.36. The van der Waals surface area contributed by atoms with Crippen molar-refractivity contribution in [2.75, 3.05) is 19.8 Å². The predicted molar refractivity (Wildman–Crippen MR) is 37.3 cm³/mol. The summed E-state index contributed by atoms with van der Waals surface area (Å²) in [7, 11) is 0. The Morgan fingerprint density at radius 2 is 2.27 bits per heavy atom. The molecular formula is C7H12O4. The molecule has 0 aliphatic carbocycles. The number of hydrogen-bond donors (Lipinski definition) is 0. The molecule has 0 spiro atoms. The molecule has 0 radical (unpaired) electrons. The highest BCUT2D eigenvalue weighted by molar-refractivity contribution is 5.60. The Balaban J connectivity index is 2.23. The summed E-state index contributed by atoms with van der Waals surface area (Å²) in [5, 5.41) is 0. The highest BCUT2D eigenvalue weighted by atomic mass is 16.7. The van der Waals surface area contributed by atoms with Gasteiger partial charge in [-0.05, 0) is 13.8 Å². The Kier molecular flexibility index (Phi) is 2.34. The van der Waals surface area contributed by atoms with Crippen molar-refractivity contribution in [2.24, 2.45) is 0 Å². The van der Waals surface area contributed by atoms with E-state index in [0.29, 0.717) is 19.8 Å². The van der Waals surface area contributed by atoms with Crippen LogP contribution in [0.2, 0.25) is 0 Å².